The van der Waals surface area contributed by atoms with Crippen LogP contribution in [-0.2, 0) is 9.53 Å². The lowest BCUT2D eigenvalue weighted by molar-refractivity contribution is -0.152. The molecule has 14 nitrogen and oxygen atoms in total. The van der Waals surface area contributed by atoms with Crippen molar-refractivity contribution in [2.45, 2.75) is 25.9 Å². The highest BCUT2D eigenvalue weighted by Gasteiger charge is 2.31. The van der Waals surface area contributed by atoms with Crippen LogP contribution in [-0.4, -0.2) is 78.0 Å². The Labute approximate surface area is 263 Å². The Kier molecular flexibility index (Phi) is 10.7. The Balaban J connectivity index is 1.76. The minimum Gasteiger partial charge on any atom is -0.504 e. The molecule has 0 saturated heterocycles. The van der Waals surface area contributed by atoms with Gasteiger partial charge in [-0.2, -0.15) is 13.8 Å². The number of halogens is 2. The minimum atomic E-state index is -1.49. The Morgan fingerprint density at radius 3 is 2.52 bits per heavy atom. The number of nitrogens with two attached hydrogens (primary N) is 2. The summed E-state index contributed by atoms with van der Waals surface area (Å²) in [6.45, 7) is 3.03. The highest BCUT2D eigenvalue weighted by Crippen LogP contribution is 2.40. The van der Waals surface area contributed by atoms with E-state index in [4.69, 9.17) is 41.2 Å². The van der Waals surface area contributed by atoms with E-state index in [1.165, 1.54) is 18.2 Å². The van der Waals surface area contributed by atoms with Crippen LogP contribution in [0.15, 0.2) is 47.5 Å². The van der Waals surface area contributed by atoms with Crippen molar-refractivity contribution in [3.8, 4) is 34.8 Å². The monoisotopic (exact) mass is 640 g/mol. The van der Waals surface area contributed by atoms with Crippen molar-refractivity contribution in [2.75, 3.05) is 33.3 Å². The molecule has 0 aliphatic carbocycles. The van der Waals surface area contributed by atoms with Crippen LogP contribution in [0.2, 0.25) is 0 Å². The van der Waals surface area contributed by atoms with Crippen LogP contribution in [0, 0.1) is 22.5 Å². The molecule has 46 heavy (non-hydrogen) atoms. The van der Waals surface area contributed by atoms with Gasteiger partial charge < -0.3 is 45.7 Å². The van der Waals surface area contributed by atoms with Crippen LogP contribution in [0.1, 0.15) is 30.9 Å². The van der Waals surface area contributed by atoms with Gasteiger partial charge in [-0.15, -0.1) is 0 Å². The maximum absolute atomic E-state index is 16.0. The number of aliphatic imine (C=N–C) groups is 1. The number of guanidine groups is 1. The quantitative estimate of drug-likeness (QED) is 0.0651. The summed E-state index contributed by atoms with van der Waals surface area (Å²) in [5, 5.41) is 27.9. The van der Waals surface area contributed by atoms with Gasteiger partial charge in [0.05, 0.1) is 13.2 Å². The van der Waals surface area contributed by atoms with Crippen LogP contribution in [0.5, 0.6) is 34.8 Å². The Morgan fingerprint density at radius 1 is 1.13 bits per heavy atom. The van der Waals surface area contributed by atoms with E-state index in [0.717, 1.165) is 12.6 Å². The van der Waals surface area contributed by atoms with E-state index in [1.807, 2.05) is 11.9 Å². The molecule has 8 N–H and O–H groups in total. The number of phenolic OH excluding ortho intramolecular Hbond substituents is 1. The summed E-state index contributed by atoms with van der Waals surface area (Å²) in [5.41, 5.74) is 11.7. The average molecular weight is 641 g/mol. The van der Waals surface area contributed by atoms with Crippen molar-refractivity contribution < 1.29 is 37.6 Å². The number of rotatable bonds is 14. The zero-order chi connectivity index (χ0) is 33.4. The van der Waals surface area contributed by atoms with Crippen LogP contribution in [0.4, 0.5) is 8.78 Å². The number of nitrogens with zero attached hydrogens (tertiary/aromatic N) is 3. The zero-order valence-electron chi connectivity index (χ0n) is 25.1. The fraction of sp³-hybridized carbons (Fsp3) is 0.300. The van der Waals surface area contributed by atoms with Gasteiger partial charge in [0.1, 0.15) is 17.4 Å². The number of pyridine rings is 1. The molecular formula is C30H34F2N8O6. The second-order valence-electron chi connectivity index (χ2n) is 9.98. The van der Waals surface area contributed by atoms with Crippen molar-refractivity contribution in [3.63, 3.8) is 0 Å². The van der Waals surface area contributed by atoms with Crippen LogP contribution in [0.3, 0.4) is 0 Å². The third kappa shape index (κ3) is 8.08. The number of aromatic nitrogens is 1. The summed E-state index contributed by atoms with van der Waals surface area (Å²) >= 11 is 0. The number of hydrogen-bond donors (Lipinski definition) is 6. The highest BCUT2D eigenvalue weighted by molar-refractivity contribution is 6.00. The van der Waals surface area contributed by atoms with Crippen molar-refractivity contribution in [1.82, 2.24) is 15.2 Å². The molecule has 1 atom stereocenters. The molecule has 16 heteroatoms. The normalized spacial score (nSPS) is 13.0. The summed E-state index contributed by atoms with van der Waals surface area (Å²) in [7, 11) is 1.88. The number of phenols is 1. The SMILES string of the molecule is CCOC(=O)C(CCCNC(=N)N)Oc1c(F)c(Oc2cccc(C3=NCCN3C)c2)nc(Oc2cc(C(=N)N)ccc2O)c1F. The molecule has 0 saturated carbocycles. The van der Waals surface area contributed by atoms with E-state index in [9.17, 15) is 9.90 Å². The van der Waals surface area contributed by atoms with Gasteiger partial charge in [0, 0.05) is 31.3 Å². The molecule has 0 bridgehead atoms. The maximum Gasteiger partial charge on any atom is 0.347 e. The number of esters is 1. The predicted molar refractivity (Wildman–Crippen MR) is 164 cm³/mol. The van der Waals surface area contributed by atoms with Gasteiger partial charge >= 0.3 is 5.97 Å². The number of ether oxygens (including phenoxy) is 4. The molecule has 1 aliphatic heterocycles. The standard InChI is InChI=1S/C30H34F2N8O6/c1-3-43-29(42)20(8-5-11-38-30(35)36)45-24-22(31)27(44-18-7-4-6-17(14-18)26-37-12-13-40(26)2)39-28(23(24)32)46-21-15-16(25(33)34)9-10-19(21)41/h4,6-7,9-10,14-15,20,41H,3,5,8,11-13H2,1-2H3,(H3,33,34)(H4,35,36,38). The highest BCUT2D eigenvalue weighted by atomic mass is 19.1. The summed E-state index contributed by atoms with van der Waals surface area (Å²) in [6.07, 6.45) is -1.36. The van der Waals surface area contributed by atoms with Crippen molar-refractivity contribution in [2.24, 2.45) is 16.5 Å². The van der Waals surface area contributed by atoms with Gasteiger partial charge in [-0.3, -0.25) is 15.8 Å². The van der Waals surface area contributed by atoms with Crippen LogP contribution >= 0.6 is 0 Å². The third-order valence-electron chi connectivity index (χ3n) is 6.59. The number of carbonyl (C=O) groups is 1. The van der Waals surface area contributed by atoms with Crippen molar-refractivity contribution >= 4 is 23.6 Å². The average Bonchev–Trinajstić information content (AvgIpc) is 3.45. The molecule has 4 rings (SSSR count). The first-order chi connectivity index (χ1) is 22.0. The Morgan fingerprint density at radius 2 is 1.87 bits per heavy atom. The zero-order valence-corrected chi connectivity index (χ0v) is 25.1. The lowest BCUT2D eigenvalue weighted by Crippen LogP contribution is -2.34. The first kappa shape index (κ1) is 33.2. The maximum atomic E-state index is 16.0. The lowest BCUT2D eigenvalue weighted by Gasteiger charge is -2.20. The predicted octanol–water partition coefficient (Wildman–Crippen LogP) is 3.20. The van der Waals surface area contributed by atoms with E-state index in [1.54, 1.807) is 25.1 Å². The topological polar surface area (TPSA) is 214 Å². The molecule has 2 heterocycles. The minimum absolute atomic E-state index is 0.0307. The van der Waals surface area contributed by atoms with E-state index < -0.39 is 47.0 Å². The number of likely N-dealkylation sites (N-methyl/N-ethyl adjacent to an activating group) is 1. The molecule has 0 radical (unpaired) electrons. The molecule has 1 aliphatic rings. The summed E-state index contributed by atoms with van der Waals surface area (Å²) in [5.74, 6) is -7.10. The van der Waals surface area contributed by atoms with E-state index in [2.05, 4.69) is 15.3 Å². The number of nitrogen functional groups attached to an aromatic ring is 1. The first-order valence-corrected chi connectivity index (χ1v) is 14.2. The number of carbonyl (C=O) groups excluding carboxylic acids is 1. The van der Waals surface area contributed by atoms with Crippen LogP contribution < -0.4 is 31.0 Å². The number of hydrogen-bond acceptors (Lipinski definition) is 11. The third-order valence-corrected chi connectivity index (χ3v) is 6.59. The molecule has 244 valence electrons. The molecule has 0 amide bonds. The van der Waals surface area contributed by atoms with Gasteiger partial charge in [-0.05, 0) is 50.1 Å². The van der Waals surface area contributed by atoms with Gasteiger partial charge in [0.2, 0.25) is 17.4 Å². The molecule has 0 fully saturated rings. The Hall–Kier alpha value is -5.67. The van der Waals surface area contributed by atoms with E-state index in [0.29, 0.717) is 17.9 Å². The van der Waals surface area contributed by atoms with Gasteiger partial charge in [0.25, 0.3) is 11.8 Å². The number of nitrogens with one attached hydrogen (secondary N) is 3. The van der Waals surface area contributed by atoms with Gasteiger partial charge in [-0.25, -0.2) is 4.79 Å². The second kappa shape index (κ2) is 14.9. The van der Waals surface area contributed by atoms with Crippen molar-refractivity contribution in [1.29, 1.82) is 10.8 Å². The van der Waals surface area contributed by atoms with Gasteiger partial charge in [-0.1, -0.05) is 12.1 Å². The number of benzene rings is 2. The molecule has 2 aromatic carbocycles. The number of amidine groups is 2. The number of aromatic hydroxyl groups is 1. The fourth-order valence-electron chi connectivity index (χ4n) is 4.35. The van der Waals surface area contributed by atoms with E-state index >= 15 is 8.78 Å². The first-order valence-electron chi connectivity index (χ1n) is 14.2. The molecule has 1 unspecified atom stereocenters. The molecule has 1 aromatic heterocycles. The smallest absolute Gasteiger partial charge is 0.347 e. The lowest BCUT2D eigenvalue weighted by atomic mass is 10.2. The van der Waals surface area contributed by atoms with Crippen molar-refractivity contribution in [3.05, 3.63) is 65.2 Å². The molecule has 0 spiro atoms. The van der Waals surface area contributed by atoms with Gasteiger partial charge in [0.15, 0.2) is 23.6 Å². The summed E-state index contributed by atoms with van der Waals surface area (Å²) in [4.78, 5) is 23.0. The molecule has 3 aromatic rings. The second-order valence-corrected chi connectivity index (χ2v) is 9.98. The largest absolute Gasteiger partial charge is 0.504 e. The van der Waals surface area contributed by atoms with Crippen LogP contribution in [0.25, 0.3) is 0 Å². The summed E-state index contributed by atoms with van der Waals surface area (Å²) < 4.78 is 53.9. The molecular weight excluding hydrogens is 606 g/mol. The fourth-order valence-corrected chi connectivity index (χ4v) is 4.35. The summed E-state index contributed by atoms with van der Waals surface area (Å²) in [6, 6.07) is 10.2. The van der Waals surface area contributed by atoms with E-state index in [-0.39, 0.29) is 54.9 Å². The Bertz CT molecular complexity index is 1650.